The Morgan fingerprint density at radius 2 is 1.89 bits per heavy atom. The summed E-state index contributed by atoms with van der Waals surface area (Å²) in [5.41, 5.74) is 2.91. The zero-order chi connectivity index (χ0) is 19.7. The fourth-order valence-corrected chi connectivity index (χ4v) is 4.21. The van der Waals surface area contributed by atoms with Crippen molar-refractivity contribution < 1.29 is 4.79 Å². The average molecular weight is 397 g/mol. The number of fused-ring (bicyclic) bond motifs is 1. The number of amides is 1. The maximum Gasteiger partial charge on any atom is 0.227 e. The Hall–Kier alpha value is -2.37. The van der Waals surface area contributed by atoms with Crippen LogP contribution in [0.2, 0.25) is 5.02 Å². The van der Waals surface area contributed by atoms with Crippen LogP contribution in [0.3, 0.4) is 0 Å². The molecule has 0 aliphatic carbocycles. The molecule has 1 saturated heterocycles. The largest absolute Gasteiger partial charge is 0.328 e. The molecule has 1 unspecified atom stereocenters. The Labute approximate surface area is 170 Å². The topological polar surface area (TPSA) is 41.4 Å². The lowest BCUT2D eigenvalue weighted by Crippen LogP contribution is -2.25. The van der Waals surface area contributed by atoms with Crippen LogP contribution in [0.25, 0.3) is 11.0 Å². The Morgan fingerprint density at radius 3 is 2.68 bits per heavy atom. The lowest BCUT2D eigenvalue weighted by Gasteiger charge is -2.19. The lowest BCUT2D eigenvalue weighted by atomic mass is 10.1. The van der Waals surface area contributed by atoms with E-state index in [1.54, 1.807) is 4.90 Å². The number of para-hydroxylation sites is 3. The number of anilines is 1. The van der Waals surface area contributed by atoms with Crippen molar-refractivity contribution in [2.75, 3.05) is 32.1 Å². The number of rotatable bonds is 6. The Balaban J connectivity index is 1.65. The molecule has 1 aliphatic heterocycles. The molecule has 2 heterocycles. The third-order valence-corrected chi connectivity index (χ3v) is 5.62. The minimum atomic E-state index is 0.0653. The summed E-state index contributed by atoms with van der Waals surface area (Å²) >= 11 is 6.34. The first-order valence-corrected chi connectivity index (χ1v) is 10.1. The molecule has 5 nitrogen and oxygen atoms in total. The van der Waals surface area contributed by atoms with Crippen molar-refractivity contribution in [2.24, 2.45) is 0 Å². The summed E-state index contributed by atoms with van der Waals surface area (Å²) in [5, 5.41) is 0.607. The SMILES string of the molecule is CN(C)CCCn1c(C2CC(=O)N(c3ccccc3Cl)C2)nc2ccccc21. The van der Waals surface area contributed by atoms with Gasteiger partial charge in [-0.25, -0.2) is 4.98 Å². The lowest BCUT2D eigenvalue weighted by molar-refractivity contribution is -0.117. The van der Waals surface area contributed by atoms with E-state index in [-0.39, 0.29) is 11.8 Å². The van der Waals surface area contributed by atoms with E-state index < -0.39 is 0 Å². The number of imidazole rings is 1. The van der Waals surface area contributed by atoms with Crippen LogP contribution in [-0.2, 0) is 11.3 Å². The van der Waals surface area contributed by atoms with Crippen LogP contribution >= 0.6 is 11.6 Å². The molecule has 0 N–H and O–H groups in total. The number of carbonyl (C=O) groups is 1. The third kappa shape index (κ3) is 3.64. The van der Waals surface area contributed by atoms with Crippen molar-refractivity contribution in [1.29, 1.82) is 0 Å². The predicted molar refractivity (Wildman–Crippen MR) is 114 cm³/mol. The van der Waals surface area contributed by atoms with E-state index >= 15 is 0 Å². The predicted octanol–water partition coefficient (Wildman–Crippen LogP) is 4.16. The molecule has 3 aromatic rings. The fraction of sp³-hybridized carbons (Fsp3) is 0.364. The van der Waals surface area contributed by atoms with Gasteiger partial charge >= 0.3 is 0 Å². The van der Waals surface area contributed by atoms with Crippen molar-refractivity contribution in [3.8, 4) is 0 Å². The maximum atomic E-state index is 12.8. The highest BCUT2D eigenvalue weighted by Gasteiger charge is 2.35. The Bertz CT molecular complexity index is 997. The molecule has 1 atom stereocenters. The minimum Gasteiger partial charge on any atom is -0.328 e. The molecule has 1 amide bonds. The van der Waals surface area contributed by atoms with Crippen molar-refractivity contribution >= 4 is 34.2 Å². The van der Waals surface area contributed by atoms with Crippen LogP contribution in [-0.4, -0.2) is 47.5 Å². The number of benzene rings is 2. The van der Waals surface area contributed by atoms with Gasteiger partial charge in [-0.15, -0.1) is 0 Å². The number of halogens is 1. The van der Waals surface area contributed by atoms with Crippen LogP contribution in [0.1, 0.15) is 24.6 Å². The molecule has 2 aromatic carbocycles. The first-order valence-electron chi connectivity index (χ1n) is 9.69. The first-order chi connectivity index (χ1) is 13.5. The van der Waals surface area contributed by atoms with E-state index in [4.69, 9.17) is 16.6 Å². The number of nitrogens with zero attached hydrogens (tertiary/aromatic N) is 4. The molecular formula is C22H25ClN4O. The van der Waals surface area contributed by atoms with Gasteiger partial charge in [0.15, 0.2) is 0 Å². The summed E-state index contributed by atoms with van der Waals surface area (Å²) < 4.78 is 2.30. The average Bonchev–Trinajstić information content (AvgIpc) is 3.23. The van der Waals surface area contributed by atoms with Gasteiger partial charge in [0.05, 0.1) is 21.7 Å². The monoisotopic (exact) mass is 396 g/mol. The fourth-order valence-electron chi connectivity index (χ4n) is 3.97. The van der Waals surface area contributed by atoms with Gasteiger partial charge in [0.2, 0.25) is 5.91 Å². The molecule has 0 bridgehead atoms. The van der Waals surface area contributed by atoms with Gasteiger partial charge in [-0.1, -0.05) is 35.9 Å². The van der Waals surface area contributed by atoms with E-state index in [2.05, 4.69) is 29.6 Å². The quantitative estimate of drug-likeness (QED) is 0.628. The van der Waals surface area contributed by atoms with Gasteiger partial charge in [0.25, 0.3) is 0 Å². The van der Waals surface area contributed by atoms with Crippen LogP contribution in [0.5, 0.6) is 0 Å². The van der Waals surface area contributed by atoms with Crippen molar-refractivity contribution in [3.05, 3.63) is 59.4 Å². The highest BCUT2D eigenvalue weighted by Crippen LogP contribution is 2.36. The van der Waals surface area contributed by atoms with Crippen LogP contribution < -0.4 is 4.90 Å². The maximum absolute atomic E-state index is 12.8. The van der Waals surface area contributed by atoms with Gasteiger partial charge in [-0.05, 0) is 51.3 Å². The molecule has 0 radical (unpaired) electrons. The molecule has 4 rings (SSSR count). The minimum absolute atomic E-state index is 0.0653. The smallest absolute Gasteiger partial charge is 0.227 e. The summed E-state index contributed by atoms with van der Waals surface area (Å²) in [6.07, 6.45) is 1.50. The second-order valence-electron chi connectivity index (χ2n) is 7.62. The molecule has 28 heavy (non-hydrogen) atoms. The molecule has 146 valence electrons. The highest BCUT2D eigenvalue weighted by molar-refractivity contribution is 6.33. The number of hydrogen-bond donors (Lipinski definition) is 0. The zero-order valence-corrected chi connectivity index (χ0v) is 17.1. The molecule has 0 saturated carbocycles. The van der Waals surface area contributed by atoms with Crippen LogP contribution in [0.15, 0.2) is 48.5 Å². The number of carbonyl (C=O) groups excluding carboxylic acids is 1. The van der Waals surface area contributed by atoms with E-state index in [1.165, 1.54) is 0 Å². The zero-order valence-electron chi connectivity index (χ0n) is 16.3. The number of hydrogen-bond acceptors (Lipinski definition) is 3. The van der Waals surface area contributed by atoms with Gasteiger partial charge in [-0.2, -0.15) is 0 Å². The number of aromatic nitrogens is 2. The summed E-state index contributed by atoms with van der Waals surface area (Å²) in [5.74, 6) is 1.17. The van der Waals surface area contributed by atoms with Gasteiger partial charge < -0.3 is 14.4 Å². The first kappa shape index (κ1) is 19.0. The summed E-state index contributed by atoms with van der Waals surface area (Å²) in [6.45, 7) is 2.52. The van der Waals surface area contributed by atoms with E-state index in [1.807, 2.05) is 42.5 Å². The molecule has 1 aromatic heterocycles. The molecule has 1 aliphatic rings. The summed E-state index contributed by atoms with van der Waals surface area (Å²) in [4.78, 5) is 21.7. The van der Waals surface area contributed by atoms with Crippen LogP contribution in [0, 0.1) is 0 Å². The third-order valence-electron chi connectivity index (χ3n) is 5.30. The van der Waals surface area contributed by atoms with Crippen molar-refractivity contribution in [3.63, 3.8) is 0 Å². The van der Waals surface area contributed by atoms with E-state index in [0.29, 0.717) is 18.0 Å². The van der Waals surface area contributed by atoms with Crippen molar-refractivity contribution in [2.45, 2.75) is 25.3 Å². The van der Waals surface area contributed by atoms with Gasteiger partial charge in [0.1, 0.15) is 5.82 Å². The molecule has 6 heteroatoms. The number of aryl methyl sites for hydroxylation is 1. The molecule has 0 spiro atoms. The van der Waals surface area contributed by atoms with Gasteiger partial charge in [0, 0.05) is 25.4 Å². The van der Waals surface area contributed by atoms with Gasteiger partial charge in [-0.3, -0.25) is 4.79 Å². The highest BCUT2D eigenvalue weighted by atomic mass is 35.5. The Morgan fingerprint density at radius 1 is 1.14 bits per heavy atom. The summed E-state index contributed by atoms with van der Waals surface area (Å²) in [6, 6.07) is 15.8. The second kappa shape index (κ2) is 7.94. The van der Waals surface area contributed by atoms with E-state index in [9.17, 15) is 4.79 Å². The molecule has 1 fully saturated rings. The molecular weight excluding hydrogens is 372 g/mol. The van der Waals surface area contributed by atoms with E-state index in [0.717, 1.165) is 42.1 Å². The van der Waals surface area contributed by atoms with Crippen molar-refractivity contribution in [1.82, 2.24) is 14.5 Å². The van der Waals surface area contributed by atoms with Crippen LogP contribution in [0.4, 0.5) is 5.69 Å². The summed E-state index contributed by atoms with van der Waals surface area (Å²) in [7, 11) is 4.17. The Kier molecular flexibility index (Phi) is 5.38. The standard InChI is InChI=1S/C22H25ClN4O/c1-25(2)12-7-13-26-20-11-6-4-9-18(20)24-22(26)16-14-21(28)27(15-16)19-10-5-3-8-17(19)23/h3-6,8-11,16H,7,12-15H2,1-2H3. The normalized spacial score (nSPS) is 17.2. The second-order valence-corrected chi connectivity index (χ2v) is 8.03.